The molecule has 3 nitrogen and oxygen atoms in total. The minimum absolute atomic E-state index is 0.872. The number of rotatable bonds is 9. The van der Waals surface area contributed by atoms with Crippen molar-refractivity contribution in [3.8, 4) is 0 Å². The van der Waals surface area contributed by atoms with Crippen molar-refractivity contribution in [2.75, 3.05) is 13.1 Å². The first-order valence-corrected chi connectivity index (χ1v) is 12.7. The fourth-order valence-electron chi connectivity index (χ4n) is 4.71. The van der Waals surface area contributed by atoms with Gasteiger partial charge in [0.25, 0.3) is 0 Å². The average Bonchev–Trinajstić information content (AvgIpc) is 2.84. The smallest absolute Gasteiger partial charge is 0.0206 e. The summed E-state index contributed by atoms with van der Waals surface area (Å²) >= 11 is 0. The Kier molecular flexibility index (Phi) is 11.7. The highest BCUT2D eigenvalue weighted by Crippen LogP contribution is 2.22. The number of hydrogen-bond acceptors (Lipinski definition) is 3. The third kappa shape index (κ3) is 10.5. The van der Waals surface area contributed by atoms with Crippen molar-refractivity contribution in [1.82, 2.24) is 16.0 Å². The zero-order valence-electron chi connectivity index (χ0n) is 19.3. The minimum atomic E-state index is 0.872. The van der Waals surface area contributed by atoms with Crippen LogP contribution in [0, 0.1) is 0 Å². The first kappa shape index (κ1) is 24.0. The molecule has 0 spiro atoms. The van der Waals surface area contributed by atoms with Gasteiger partial charge in [-0.05, 0) is 36.8 Å². The van der Waals surface area contributed by atoms with Gasteiger partial charge in [-0.1, -0.05) is 99.2 Å². The maximum atomic E-state index is 3.86. The van der Waals surface area contributed by atoms with Crippen LogP contribution in [0.2, 0.25) is 0 Å². The van der Waals surface area contributed by atoms with E-state index in [-0.39, 0.29) is 0 Å². The second-order valence-electron chi connectivity index (χ2n) is 9.16. The predicted molar refractivity (Wildman–Crippen MR) is 133 cm³/mol. The molecule has 2 fully saturated rings. The quantitative estimate of drug-likeness (QED) is 0.447. The van der Waals surface area contributed by atoms with Crippen LogP contribution in [-0.4, -0.2) is 25.2 Å². The SMILES string of the molecule is C1CCC(NC2CCCCC2)CC1.c1ccc(CNCCNCc2ccccc2)cc1. The van der Waals surface area contributed by atoms with Gasteiger partial charge in [-0.15, -0.1) is 0 Å². The number of benzene rings is 2. The molecule has 0 bridgehead atoms. The molecule has 2 aliphatic carbocycles. The summed E-state index contributed by atoms with van der Waals surface area (Å²) in [4.78, 5) is 0. The lowest BCUT2D eigenvalue weighted by molar-refractivity contribution is 0.291. The van der Waals surface area contributed by atoms with Gasteiger partial charge in [0.1, 0.15) is 0 Å². The van der Waals surface area contributed by atoms with Crippen LogP contribution < -0.4 is 16.0 Å². The van der Waals surface area contributed by atoms with Crippen molar-refractivity contribution in [1.29, 1.82) is 0 Å². The lowest BCUT2D eigenvalue weighted by atomic mass is 9.91. The summed E-state index contributed by atoms with van der Waals surface area (Å²) in [5, 5.41) is 10.7. The Balaban J connectivity index is 0.000000185. The lowest BCUT2D eigenvalue weighted by Gasteiger charge is -2.30. The van der Waals surface area contributed by atoms with Crippen LogP contribution in [0.3, 0.4) is 0 Å². The van der Waals surface area contributed by atoms with E-state index in [0.717, 1.165) is 38.3 Å². The molecule has 0 heterocycles. The van der Waals surface area contributed by atoms with E-state index in [2.05, 4.69) is 64.5 Å². The molecule has 4 rings (SSSR count). The molecule has 2 aromatic carbocycles. The van der Waals surface area contributed by atoms with Gasteiger partial charge in [0.2, 0.25) is 0 Å². The third-order valence-electron chi connectivity index (χ3n) is 6.50. The summed E-state index contributed by atoms with van der Waals surface area (Å²) in [6.45, 7) is 3.85. The molecule has 2 aromatic rings. The van der Waals surface area contributed by atoms with Gasteiger partial charge in [0.05, 0.1) is 0 Å². The van der Waals surface area contributed by atoms with Crippen LogP contribution in [0.25, 0.3) is 0 Å². The Hall–Kier alpha value is -1.68. The van der Waals surface area contributed by atoms with E-state index in [4.69, 9.17) is 0 Å². The van der Waals surface area contributed by atoms with Gasteiger partial charge in [-0.2, -0.15) is 0 Å². The van der Waals surface area contributed by atoms with Crippen molar-refractivity contribution in [2.45, 2.75) is 89.4 Å². The van der Waals surface area contributed by atoms with Crippen LogP contribution in [0.15, 0.2) is 60.7 Å². The van der Waals surface area contributed by atoms with E-state index in [1.807, 2.05) is 12.1 Å². The van der Waals surface area contributed by atoms with Gasteiger partial charge in [-0.25, -0.2) is 0 Å². The summed E-state index contributed by atoms with van der Waals surface area (Å²) in [5.41, 5.74) is 2.67. The molecule has 0 radical (unpaired) electrons. The molecule has 2 aliphatic rings. The highest BCUT2D eigenvalue weighted by Gasteiger charge is 2.19. The molecule has 3 N–H and O–H groups in total. The molecule has 170 valence electrons. The predicted octanol–water partition coefficient (Wildman–Crippen LogP) is 5.81. The Morgan fingerprint density at radius 2 is 0.903 bits per heavy atom. The Labute approximate surface area is 190 Å². The highest BCUT2D eigenvalue weighted by atomic mass is 15.0. The van der Waals surface area contributed by atoms with E-state index in [0.29, 0.717) is 0 Å². The fourth-order valence-corrected chi connectivity index (χ4v) is 4.71. The molecule has 0 unspecified atom stereocenters. The van der Waals surface area contributed by atoms with E-state index < -0.39 is 0 Å². The van der Waals surface area contributed by atoms with Crippen LogP contribution in [0.1, 0.15) is 75.3 Å². The van der Waals surface area contributed by atoms with Gasteiger partial charge in [-0.3, -0.25) is 0 Å². The second-order valence-corrected chi connectivity index (χ2v) is 9.16. The summed E-state index contributed by atoms with van der Waals surface area (Å²) in [5.74, 6) is 0. The topological polar surface area (TPSA) is 36.1 Å². The summed E-state index contributed by atoms with van der Waals surface area (Å²) in [6, 6.07) is 22.7. The standard InChI is InChI=1S/C16H20N2.C12H23N/c1-3-7-15(8-4-1)13-17-11-12-18-14-16-9-5-2-6-10-16;1-3-7-11(8-4-1)13-12-9-5-2-6-10-12/h1-10,17-18H,11-14H2;11-13H,1-10H2. The first-order valence-electron chi connectivity index (χ1n) is 12.7. The van der Waals surface area contributed by atoms with E-state index >= 15 is 0 Å². The zero-order valence-corrected chi connectivity index (χ0v) is 19.3. The summed E-state index contributed by atoms with van der Waals surface area (Å²) in [7, 11) is 0. The van der Waals surface area contributed by atoms with Crippen LogP contribution in [-0.2, 0) is 13.1 Å². The van der Waals surface area contributed by atoms with E-state index in [1.165, 1.54) is 75.3 Å². The van der Waals surface area contributed by atoms with Crippen molar-refractivity contribution in [3.63, 3.8) is 0 Å². The molecule has 3 heteroatoms. The average molecular weight is 422 g/mol. The Morgan fingerprint density at radius 1 is 0.516 bits per heavy atom. The largest absolute Gasteiger partial charge is 0.311 e. The molecule has 0 aliphatic heterocycles. The first-order chi connectivity index (χ1) is 15.4. The van der Waals surface area contributed by atoms with E-state index in [9.17, 15) is 0 Å². The van der Waals surface area contributed by atoms with Gasteiger partial charge in [0, 0.05) is 38.3 Å². The Bertz CT molecular complexity index is 602. The fraction of sp³-hybridized carbons (Fsp3) is 0.571. The summed E-state index contributed by atoms with van der Waals surface area (Å²) < 4.78 is 0. The molecular formula is C28H43N3. The molecule has 0 atom stereocenters. The second kappa shape index (κ2) is 15.2. The van der Waals surface area contributed by atoms with Gasteiger partial charge >= 0.3 is 0 Å². The molecule has 0 amide bonds. The number of hydrogen-bond donors (Lipinski definition) is 3. The lowest BCUT2D eigenvalue weighted by Crippen LogP contribution is -2.40. The van der Waals surface area contributed by atoms with Crippen LogP contribution in [0.4, 0.5) is 0 Å². The van der Waals surface area contributed by atoms with Gasteiger partial charge < -0.3 is 16.0 Å². The van der Waals surface area contributed by atoms with Crippen molar-refractivity contribution >= 4 is 0 Å². The Morgan fingerprint density at radius 3 is 1.29 bits per heavy atom. The van der Waals surface area contributed by atoms with Gasteiger partial charge in [0.15, 0.2) is 0 Å². The molecular weight excluding hydrogens is 378 g/mol. The molecule has 2 saturated carbocycles. The van der Waals surface area contributed by atoms with E-state index in [1.54, 1.807) is 0 Å². The highest BCUT2D eigenvalue weighted by molar-refractivity contribution is 5.15. The molecule has 0 aromatic heterocycles. The maximum Gasteiger partial charge on any atom is 0.0206 e. The summed E-state index contributed by atoms with van der Waals surface area (Å²) in [6.07, 6.45) is 14.6. The van der Waals surface area contributed by atoms with Crippen molar-refractivity contribution in [3.05, 3.63) is 71.8 Å². The van der Waals surface area contributed by atoms with Crippen LogP contribution in [0.5, 0.6) is 0 Å². The zero-order chi connectivity index (χ0) is 21.4. The monoisotopic (exact) mass is 421 g/mol. The van der Waals surface area contributed by atoms with Crippen molar-refractivity contribution < 1.29 is 0 Å². The molecule has 0 saturated heterocycles. The minimum Gasteiger partial charge on any atom is -0.311 e. The van der Waals surface area contributed by atoms with Crippen molar-refractivity contribution in [2.24, 2.45) is 0 Å². The molecule has 31 heavy (non-hydrogen) atoms. The normalized spacial score (nSPS) is 17.7. The van der Waals surface area contributed by atoms with Crippen LogP contribution >= 0.6 is 0 Å². The third-order valence-corrected chi connectivity index (χ3v) is 6.50. The number of nitrogens with one attached hydrogen (secondary N) is 3. The maximum absolute atomic E-state index is 3.86.